The lowest BCUT2D eigenvalue weighted by atomic mass is 9.80. The van der Waals surface area contributed by atoms with E-state index >= 15 is 0 Å². The van der Waals surface area contributed by atoms with Crippen LogP contribution in [0.4, 0.5) is 5.82 Å². The first-order chi connectivity index (χ1) is 33.5. The van der Waals surface area contributed by atoms with Crippen molar-refractivity contribution in [2.24, 2.45) is 0 Å². The van der Waals surface area contributed by atoms with E-state index in [2.05, 4.69) is 99.8 Å². The molecule has 2 aromatic heterocycles. The molecule has 3 heterocycles. The quantitative estimate of drug-likeness (QED) is 0.0314. The molecule has 1 unspecified atom stereocenters. The van der Waals surface area contributed by atoms with E-state index in [1.165, 1.54) is 6.33 Å². The zero-order valence-electron chi connectivity index (χ0n) is 42.0. The first-order valence-electron chi connectivity index (χ1n) is 23.6. The number of nitrogens with zero attached hydrogens (tertiary/aromatic N) is 6. The van der Waals surface area contributed by atoms with Crippen molar-refractivity contribution in [2.75, 3.05) is 32.8 Å². The molecule has 370 valence electrons. The molecule has 0 saturated carbocycles. The summed E-state index contributed by atoms with van der Waals surface area (Å²) in [5.41, 5.74) is 2.74. The Kier molecular flexibility index (Phi) is 16.9. The van der Waals surface area contributed by atoms with Crippen LogP contribution in [0.5, 0.6) is 11.5 Å². The summed E-state index contributed by atoms with van der Waals surface area (Å²) in [5, 5.41) is 17.1. The van der Waals surface area contributed by atoms with E-state index in [4.69, 9.17) is 37.4 Å². The van der Waals surface area contributed by atoms with E-state index in [-0.39, 0.29) is 48.5 Å². The number of amides is 1. The number of hydrogen-bond donors (Lipinski definition) is 1. The van der Waals surface area contributed by atoms with Crippen LogP contribution < -0.4 is 14.8 Å². The van der Waals surface area contributed by atoms with E-state index in [1.807, 2.05) is 72.8 Å². The van der Waals surface area contributed by atoms with E-state index in [1.54, 1.807) is 49.2 Å². The van der Waals surface area contributed by atoms with Crippen molar-refractivity contribution >= 4 is 34.2 Å². The lowest BCUT2D eigenvalue weighted by Gasteiger charge is -2.42. The molecule has 6 aromatic rings. The second kappa shape index (κ2) is 22.6. The predicted molar refractivity (Wildman–Crippen MR) is 273 cm³/mol. The zero-order valence-corrected chi connectivity index (χ0v) is 43.9. The molecule has 1 amide bonds. The Morgan fingerprint density at radius 2 is 1.41 bits per heavy atom. The Balaban J connectivity index is 1.41. The SMILES string of the molecule is COc1ccc(C(OC[C@H]2O[C@@H](c3cnc4c(NC(=O)c5ccccc5)ncnn34)[C@H](O[Si](C)(C)C(C)(C)C)[C@@H]2OP(OCCC#N)N(C(C)C)C(C)C)(c2ccccc2)c2ccc(OC)cc2)cc1. The van der Waals surface area contributed by atoms with Gasteiger partial charge in [-0.05, 0) is 98.9 Å². The second-order valence-corrected chi connectivity index (χ2v) is 25.4. The summed E-state index contributed by atoms with van der Waals surface area (Å²) in [5.74, 6) is 1.29. The predicted octanol–water partition coefficient (Wildman–Crippen LogP) is 10.9. The fourth-order valence-corrected chi connectivity index (χ4v) is 11.5. The Morgan fingerprint density at radius 1 is 0.843 bits per heavy atom. The smallest absolute Gasteiger partial charge is 0.259 e. The largest absolute Gasteiger partial charge is 0.497 e. The number of rotatable bonds is 21. The van der Waals surface area contributed by atoms with Gasteiger partial charge in [0.05, 0.1) is 51.8 Å². The van der Waals surface area contributed by atoms with Gasteiger partial charge in [-0.3, -0.25) is 4.79 Å². The van der Waals surface area contributed by atoms with Gasteiger partial charge in [-0.2, -0.15) is 10.4 Å². The highest BCUT2D eigenvalue weighted by atomic mass is 31.2. The highest BCUT2D eigenvalue weighted by molar-refractivity contribution is 7.44. The van der Waals surface area contributed by atoms with Gasteiger partial charge in [0.25, 0.3) is 14.4 Å². The standard InChI is InChI=1S/C53H66N7O8PSi/c1-36(2)60(37(3)4)69(65-32-18-31-54)67-47-45(34-64-53(39-21-16-13-17-22-39,40-23-27-42(62-8)28-24-40)41-25-29-43(63-9)30-26-41)66-46(48(47)68-70(10,11)52(5,6)7)44-33-55-50-49(56-35-57-59(44)50)58-51(61)38-19-14-12-15-20-38/h12-17,19-30,33,35-37,45-48H,18,32,34H2,1-11H3,(H,56,57,58,61)/t45-,46+,47-,48+,69?/m1/s1. The Bertz CT molecular complexity index is 2620. The van der Waals surface area contributed by atoms with Gasteiger partial charge >= 0.3 is 0 Å². The van der Waals surface area contributed by atoms with Crippen LogP contribution in [0.15, 0.2) is 122 Å². The molecule has 0 radical (unpaired) electrons. The van der Waals surface area contributed by atoms with Gasteiger partial charge in [0.2, 0.25) is 0 Å². The van der Waals surface area contributed by atoms with Gasteiger partial charge in [-0.15, -0.1) is 0 Å². The average molecular weight is 988 g/mol. The fraction of sp³-hybridized carbons (Fsp3) is 0.415. The van der Waals surface area contributed by atoms with Crippen molar-refractivity contribution < 1.29 is 37.2 Å². The summed E-state index contributed by atoms with van der Waals surface area (Å²) in [6, 6.07) is 37.1. The van der Waals surface area contributed by atoms with E-state index in [0.717, 1.165) is 16.7 Å². The molecule has 1 aliphatic rings. The third-order valence-electron chi connectivity index (χ3n) is 12.9. The molecular formula is C53H66N7O8PSi. The zero-order chi connectivity index (χ0) is 50.2. The first-order valence-corrected chi connectivity index (χ1v) is 27.7. The van der Waals surface area contributed by atoms with Crippen molar-refractivity contribution in [3.8, 4) is 17.6 Å². The molecule has 1 saturated heterocycles. The van der Waals surface area contributed by atoms with Crippen LogP contribution in [-0.2, 0) is 28.5 Å². The number of carbonyl (C=O) groups is 1. The molecule has 0 aliphatic carbocycles. The molecule has 4 aromatic carbocycles. The molecule has 70 heavy (non-hydrogen) atoms. The maximum absolute atomic E-state index is 13.5. The topological polar surface area (TPSA) is 164 Å². The van der Waals surface area contributed by atoms with E-state index < -0.39 is 46.9 Å². The summed E-state index contributed by atoms with van der Waals surface area (Å²) >= 11 is 0. The number of aromatic nitrogens is 4. The van der Waals surface area contributed by atoms with Crippen LogP contribution in [0.25, 0.3) is 5.65 Å². The maximum Gasteiger partial charge on any atom is 0.259 e. The molecule has 5 atom stereocenters. The molecule has 0 bridgehead atoms. The number of imidazole rings is 1. The van der Waals surface area contributed by atoms with Gasteiger partial charge in [0.15, 0.2) is 19.8 Å². The highest BCUT2D eigenvalue weighted by Crippen LogP contribution is 2.53. The summed E-state index contributed by atoms with van der Waals surface area (Å²) in [6.45, 7) is 19.6. The second-order valence-electron chi connectivity index (χ2n) is 19.2. The molecular weight excluding hydrogens is 922 g/mol. The van der Waals surface area contributed by atoms with Crippen LogP contribution in [0, 0.1) is 11.3 Å². The lowest BCUT2D eigenvalue weighted by molar-refractivity contribution is -0.0813. The van der Waals surface area contributed by atoms with Crippen molar-refractivity contribution in [1.29, 1.82) is 5.26 Å². The third-order valence-corrected chi connectivity index (χ3v) is 19.6. The number of anilines is 1. The third kappa shape index (κ3) is 11.3. The maximum atomic E-state index is 13.5. The highest BCUT2D eigenvalue weighted by Gasteiger charge is 2.55. The summed E-state index contributed by atoms with van der Waals surface area (Å²) in [4.78, 5) is 22.7. The van der Waals surface area contributed by atoms with Crippen molar-refractivity contribution in [2.45, 2.75) is 115 Å². The first kappa shape index (κ1) is 52.2. The summed E-state index contributed by atoms with van der Waals surface area (Å²) in [7, 11) is -1.19. The number of ether oxygens (including phenoxy) is 4. The van der Waals surface area contributed by atoms with Crippen molar-refractivity contribution in [3.05, 3.63) is 150 Å². The van der Waals surface area contributed by atoms with Crippen LogP contribution in [-0.4, -0.2) is 96.3 Å². The van der Waals surface area contributed by atoms with Crippen LogP contribution in [0.1, 0.15) is 93.7 Å². The normalized spacial score (nSPS) is 18.1. The van der Waals surface area contributed by atoms with Gasteiger partial charge in [-0.25, -0.2) is 19.2 Å². The lowest BCUT2D eigenvalue weighted by Crippen LogP contribution is -2.49. The minimum Gasteiger partial charge on any atom is -0.497 e. The molecule has 1 N–H and O–H groups in total. The number of methoxy groups -OCH3 is 2. The fourth-order valence-electron chi connectivity index (χ4n) is 8.44. The van der Waals surface area contributed by atoms with E-state index in [9.17, 15) is 10.1 Å². The van der Waals surface area contributed by atoms with Gasteiger partial charge in [0, 0.05) is 17.6 Å². The monoisotopic (exact) mass is 987 g/mol. The molecule has 1 aliphatic heterocycles. The number of carbonyl (C=O) groups excluding carboxylic acids is 1. The summed E-state index contributed by atoms with van der Waals surface area (Å²) in [6.07, 6.45) is 0.0673. The Morgan fingerprint density at radius 3 is 1.96 bits per heavy atom. The number of fused-ring (bicyclic) bond motifs is 1. The number of nitriles is 1. The molecule has 1 fully saturated rings. The van der Waals surface area contributed by atoms with E-state index in [0.29, 0.717) is 28.4 Å². The van der Waals surface area contributed by atoms with Crippen LogP contribution in [0.2, 0.25) is 18.1 Å². The number of nitrogens with one attached hydrogen (secondary N) is 1. The van der Waals surface area contributed by atoms with Gasteiger partial charge < -0.3 is 37.7 Å². The van der Waals surface area contributed by atoms with Gasteiger partial charge in [0.1, 0.15) is 47.8 Å². The van der Waals surface area contributed by atoms with Crippen molar-refractivity contribution in [3.63, 3.8) is 0 Å². The van der Waals surface area contributed by atoms with Crippen molar-refractivity contribution in [1.82, 2.24) is 24.3 Å². The average Bonchev–Trinajstić information content (AvgIpc) is 3.93. The van der Waals surface area contributed by atoms with Crippen LogP contribution in [0.3, 0.4) is 0 Å². The molecule has 17 heteroatoms. The molecule has 15 nitrogen and oxygen atoms in total. The number of hydrogen-bond acceptors (Lipinski definition) is 13. The summed E-state index contributed by atoms with van der Waals surface area (Å²) < 4.78 is 51.6. The Labute approximate surface area is 414 Å². The Hall–Kier alpha value is -5.60. The minimum absolute atomic E-state index is 0.000308. The number of benzene rings is 4. The van der Waals surface area contributed by atoms with Gasteiger partial charge in [-0.1, -0.05) is 93.6 Å². The molecule has 0 spiro atoms. The molecule has 7 rings (SSSR count). The minimum atomic E-state index is -2.66. The van der Waals surface area contributed by atoms with Crippen LogP contribution >= 0.6 is 8.53 Å².